The summed E-state index contributed by atoms with van der Waals surface area (Å²) in [5.74, 6) is -1.42. The summed E-state index contributed by atoms with van der Waals surface area (Å²) in [6.45, 7) is 0. The van der Waals surface area contributed by atoms with Gasteiger partial charge in [0.2, 0.25) is 0 Å². The van der Waals surface area contributed by atoms with Crippen LogP contribution in [0, 0.1) is 5.82 Å². The minimum atomic E-state index is -0.854. The number of hydrogen-bond donors (Lipinski definition) is 3. The third-order valence-electron chi connectivity index (χ3n) is 3.80. The molecular weight excluding hydrogens is 353 g/mol. The number of urea groups is 1. The molecule has 0 bridgehead atoms. The monoisotopic (exact) mass is 367 g/mol. The summed E-state index contributed by atoms with van der Waals surface area (Å²) in [5.41, 5.74) is 12.1. The van der Waals surface area contributed by atoms with Crippen LogP contribution in [0.4, 0.5) is 14.9 Å². The number of aromatic nitrogens is 2. The van der Waals surface area contributed by atoms with E-state index in [0.717, 1.165) is 0 Å². The van der Waals surface area contributed by atoms with Gasteiger partial charge in [-0.05, 0) is 35.4 Å². The van der Waals surface area contributed by atoms with Crippen molar-refractivity contribution >= 4 is 23.9 Å². The molecule has 136 valence electrons. The summed E-state index contributed by atoms with van der Waals surface area (Å²) in [6, 6.07) is 10.3. The van der Waals surface area contributed by atoms with Crippen molar-refractivity contribution in [3.8, 4) is 16.8 Å². The molecule has 3 amide bonds. The van der Waals surface area contributed by atoms with Crippen LogP contribution in [0.1, 0.15) is 20.8 Å². The number of nitrogens with zero attached hydrogens (tertiary/aromatic N) is 2. The van der Waals surface area contributed by atoms with E-state index in [2.05, 4.69) is 10.4 Å². The number of hydrogen-bond acceptors (Lipinski definition) is 4. The summed E-state index contributed by atoms with van der Waals surface area (Å²) in [5, 5.41) is 6.33. The van der Waals surface area contributed by atoms with Crippen molar-refractivity contribution in [1.29, 1.82) is 0 Å². The molecule has 5 N–H and O–H groups in total. The molecular formula is C18H14FN5O3. The molecule has 9 heteroatoms. The van der Waals surface area contributed by atoms with Crippen molar-refractivity contribution in [3.63, 3.8) is 0 Å². The van der Waals surface area contributed by atoms with Gasteiger partial charge in [0.15, 0.2) is 12.0 Å². The molecule has 1 heterocycles. The Labute approximate surface area is 152 Å². The summed E-state index contributed by atoms with van der Waals surface area (Å²) < 4.78 is 15.1. The Morgan fingerprint density at radius 2 is 1.74 bits per heavy atom. The van der Waals surface area contributed by atoms with Crippen molar-refractivity contribution in [3.05, 3.63) is 65.7 Å². The van der Waals surface area contributed by atoms with Gasteiger partial charge in [0.25, 0.3) is 5.91 Å². The smallest absolute Gasteiger partial charge is 0.316 e. The van der Waals surface area contributed by atoms with Crippen LogP contribution in [0.15, 0.2) is 48.7 Å². The summed E-state index contributed by atoms with van der Waals surface area (Å²) in [7, 11) is 0. The van der Waals surface area contributed by atoms with E-state index in [9.17, 15) is 18.8 Å². The normalized spacial score (nSPS) is 10.4. The van der Waals surface area contributed by atoms with Crippen LogP contribution in [-0.4, -0.2) is 28.0 Å². The van der Waals surface area contributed by atoms with Crippen LogP contribution in [0.2, 0.25) is 0 Å². The number of anilines is 1. The van der Waals surface area contributed by atoms with Gasteiger partial charge in [-0.1, -0.05) is 18.2 Å². The van der Waals surface area contributed by atoms with Gasteiger partial charge in [0.1, 0.15) is 5.82 Å². The standard InChI is InChI=1S/C18H14FN5O3/c19-14-7-11(1-2-12(14)9-25)10-3-5-13(6-4-10)24-8-15(22-18(21)27)16(23-24)17(20)26/h1-9H,(H2,20,26)(H3,21,22,27). The quantitative estimate of drug-likeness (QED) is 0.595. The summed E-state index contributed by atoms with van der Waals surface area (Å²) in [4.78, 5) is 33.2. The number of nitrogens with two attached hydrogens (primary N) is 2. The molecule has 0 aliphatic heterocycles. The van der Waals surface area contributed by atoms with Crippen LogP contribution in [-0.2, 0) is 0 Å². The average Bonchev–Trinajstić information content (AvgIpc) is 3.05. The number of benzene rings is 2. The lowest BCUT2D eigenvalue weighted by atomic mass is 10.0. The van der Waals surface area contributed by atoms with Crippen molar-refractivity contribution in [2.45, 2.75) is 0 Å². The molecule has 3 rings (SSSR count). The summed E-state index contributed by atoms with van der Waals surface area (Å²) >= 11 is 0. The van der Waals surface area contributed by atoms with Crippen molar-refractivity contribution in [1.82, 2.24) is 9.78 Å². The van der Waals surface area contributed by atoms with Gasteiger partial charge >= 0.3 is 6.03 Å². The third-order valence-corrected chi connectivity index (χ3v) is 3.80. The van der Waals surface area contributed by atoms with E-state index >= 15 is 0 Å². The van der Waals surface area contributed by atoms with Gasteiger partial charge in [-0.15, -0.1) is 0 Å². The first-order chi connectivity index (χ1) is 12.9. The van der Waals surface area contributed by atoms with E-state index in [1.54, 1.807) is 30.3 Å². The Hall–Kier alpha value is -4.01. The Morgan fingerprint density at radius 3 is 2.30 bits per heavy atom. The molecule has 0 unspecified atom stereocenters. The second-order valence-corrected chi connectivity index (χ2v) is 5.59. The first-order valence-electron chi connectivity index (χ1n) is 7.70. The van der Waals surface area contributed by atoms with Crippen molar-refractivity contribution < 1.29 is 18.8 Å². The van der Waals surface area contributed by atoms with Gasteiger partial charge in [-0.25, -0.2) is 13.9 Å². The van der Waals surface area contributed by atoms with Crippen LogP contribution in [0.5, 0.6) is 0 Å². The first-order valence-corrected chi connectivity index (χ1v) is 7.70. The number of amides is 3. The van der Waals surface area contributed by atoms with E-state index in [0.29, 0.717) is 23.1 Å². The van der Waals surface area contributed by atoms with Gasteiger partial charge in [-0.3, -0.25) is 9.59 Å². The molecule has 1 aromatic heterocycles. The zero-order valence-electron chi connectivity index (χ0n) is 13.8. The zero-order valence-corrected chi connectivity index (χ0v) is 13.8. The van der Waals surface area contributed by atoms with Crippen LogP contribution in [0.25, 0.3) is 16.8 Å². The van der Waals surface area contributed by atoms with Crippen molar-refractivity contribution in [2.24, 2.45) is 11.5 Å². The zero-order chi connectivity index (χ0) is 19.6. The van der Waals surface area contributed by atoms with E-state index in [4.69, 9.17) is 11.5 Å². The first kappa shape index (κ1) is 17.8. The highest BCUT2D eigenvalue weighted by molar-refractivity contribution is 6.00. The van der Waals surface area contributed by atoms with Crippen molar-refractivity contribution in [2.75, 3.05) is 5.32 Å². The molecule has 27 heavy (non-hydrogen) atoms. The number of carbonyl (C=O) groups is 3. The lowest BCUT2D eigenvalue weighted by Crippen LogP contribution is -2.22. The SMILES string of the molecule is NC(=O)Nc1cn(-c2ccc(-c3ccc(C=O)c(F)c3)cc2)nc1C(N)=O. The fourth-order valence-corrected chi connectivity index (χ4v) is 2.52. The highest BCUT2D eigenvalue weighted by Crippen LogP contribution is 2.24. The lowest BCUT2D eigenvalue weighted by Gasteiger charge is -2.06. The topological polar surface area (TPSA) is 133 Å². The summed E-state index contributed by atoms with van der Waals surface area (Å²) in [6.07, 6.45) is 1.85. The molecule has 0 spiro atoms. The van der Waals surface area contributed by atoms with Gasteiger partial charge in [-0.2, -0.15) is 5.10 Å². The van der Waals surface area contributed by atoms with E-state index in [1.165, 1.54) is 23.0 Å². The highest BCUT2D eigenvalue weighted by Gasteiger charge is 2.16. The van der Waals surface area contributed by atoms with Crippen LogP contribution in [0.3, 0.4) is 0 Å². The average molecular weight is 367 g/mol. The molecule has 0 fully saturated rings. The molecule has 3 aromatic rings. The maximum absolute atomic E-state index is 13.8. The van der Waals surface area contributed by atoms with Gasteiger partial charge < -0.3 is 16.8 Å². The molecule has 8 nitrogen and oxygen atoms in total. The molecule has 0 saturated carbocycles. The Bertz CT molecular complexity index is 1040. The number of primary amides is 2. The maximum atomic E-state index is 13.8. The van der Waals surface area contributed by atoms with Crippen LogP contribution >= 0.6 is 0 Å². The molecule has 0 saturated heterocycles. The second-order valence-electron chi connectivity index (χ2n) is 5.59. The fourth-order valence-electron chi connectivity index (χ4n) is 2.52. The predicted octanol–water partition coefficient (Wildman–Crippen LogP) is 2.08. The molecule has 0 aliphatic rings. The number of halogens is 1. The predicted molar refractivity (Wildman–Crippen MR) is 96.1 cm³/mol. The molecule has 0 radical (unpaired) electrons. The minimum Gasteiger partial charge on any atom is -0.364 e. The molecule has 0 aliphatic carbocycles. The van der Waals surface area contributed by atoms with Crippen LogP contribution < -0.4 is 16.8 Å². The van der Waals surface area contributed by atoms with E-state index < -0.39 is 17.8 Å². The van der Waals surface area contributed by atoms with Gasteiger partial charge in [0, 0.05) is 0 Å². The Morgan fingerprint density at radius 1 is 1.07 bits per heavy atom. The number of nitrogens with one attached hydrogen (secondary N) is 1. The minimum absolute atomic E-state index is 0.0135. The second kappa shape index (κ2) is 7.08. The van der Waals surface area contributed by atoms with E-state index in [1.807, 2.05) is 0 Å². The Kier molecular flexibility index (Phi) is 4.67. The largest absolute Gasteiger partial charge is 0.364 e. The Balaban J connectivity index is 1.93. The molecule has 0 atom stereocenters. The van der Waals surface area contributed by atoms with Gasteiger partial charge in [0.05, 0.1) is 23.1 Å². The number of aldehydes is 1. The maximum Gasteiger partial charge on any atom is 0.316 e. The third kappa shape index (κ3) is 3.66. The number of carbonyl (C=O) groups excluding carboxylic acids is 3. The lowest BCUT2D eigenvalue weighted by molar-refractivity contribution is 0.0995. The fraction of sp³-hybridized carbons (Fsp3) is 0. The van der Waals surface area contributed by atoms with E-state index in [-0.39, 0.29) is 16.9 Å². The highest BCUT2D eigenvalue weighted by atomic mass is 19.1. The number of rotatable bonds is 5. The molecule has 2 aromatic carbocycles.